The third-order valence-corrected chi connectivity index (χ3v) is 2.97. The monoisotopic (exact) mass is 232 g/mol. The van der Waals surface area contributed by atoms with Gasteiger partial charge in [0.2, 0.25) is 0 Å². The van der Waals surface area contributed by atoms with Crippen LogP contribution in [0.1, 0.15) is 27.2 Å². The van der Waals surface area contributed by atoms with Crippen molar-refractivity contribution < 1.29 is 24.4 Å². The average molecular weight is 232 g/mol. The molecule has 2 saturated heterocycles. The maximum atomic E-state index is 9.98. The van der Waals surface area contributed by atoms with Crippen LogP contribution in [0.25, 0.3) is 0 Å². The predicted octanol–water partition coefficient (Wildman–Crippen LogP) is 0.0387. The van der Waals surface area contributed by atoms with E-state index in [2.05, 4.69) is 0 Å². The predicted molar refractivity (Wildman–Crippen MR) is 55.9 cm³/mol. The zero-order valence-corrected chi connectivity index (χ0v) is 9.97. The summed E-state index contributed by atoms with van der Waals surface area (Å²) >= 11 is 0. The lowest BCUT2D eigenvalue weighted by Gasteiger charge is -2.39. The van der Waals surface area contributed by atoms with Gasteiger partial charge in [0.05, 0.1) is 24.9 Å². The molecule has 0 spiro atoms. The molecule has 5 heteroatoms. The standard InChI is InChI=1S/C11H20O5/c1-10(2,3)15-6-11-5-14-8(16-11)4-7(12)9(11)13/h7-9,12-13H,4-6H2,1-3H3/t7-,8+,9-,11-/m1/s1. The third-order valence-electron chi connectivity index (χ3n) is 2.97. The molecule has 2 aliphatic rings. The van der Waals surface area contributed by atoms with Crippen molar-refractivity contribution >= 4 is 0 Å². The topological polar surface area (TPSA) is 68.2 Å². The van der Waals surface area contributed by atoms with E-state index in [0.29, 0.717) is 6.42 Å². The summed E-state index contributed by atoms with van der Waals surface area (Å²) in [7, 11) is 0. The second-order valence-electron chi connectivity index (χ2n) is 5.57. The average Bonchev–Trinajstić information content (AvgIpc) is 2.53. The lowest BCUT2D eigenvalue weighted by molar-refractivity contribution is -0.232. The quantitative estimate of drug-likeness (QED) is 0.703. The molecule has 0 amide bonds. The number of ether oxygens (including phenoxy) is 3. The van der Waals surface area contributed by atoms with Crippen molar-refractivity contribution in [3.05, 3.63) is 0 Å². The largest absolute Gasteiger partial charge is 0.390 e. The highest BCUT2D eigenvalue weighted by atomic mass is 16.7. The van der Waals surface area contributed by atoms with E-state index in [1.165, 1.54) is 0 Å². The summed E-state index contributed by atoms with van der Waals surface area (Å²) in [5, 5.41) is 19.7. The molecule has 0 aromatic carbocycles. The van der Waals surface area contributed by atoms with Crippen molar-refractivity contribution in [2.24, 2.45) is 0 Å². The number of rotatable bonds is 2. The first-order chi connectivity index (χ1) is 7.32. The van der Waals surface area contributed by atoms with Crippen molar-refractivity contribution in [2.45, 2.75) is 56.9 Å². The molecule has 0 unspecified atom stereocenters. The van der Waals surface area contributed by atoms with Gasteiger partial charge in [-0.05, 0) is 20.8 Å². The lowest BCUT2D eigenvalue weighted by atomic mass is 9.91. The summed E-state index contributed by atoms with van der Waals surface area (Å²) < 4.78 is 16.6. The second kappa shape index (κ2) is 3.92. The third kappa shape index (κ3) is 2.24. The van der Waals surface area contributed by atoms with Crippen molar-refractivity contribution in [1.29, 1.82) is 0 Å². The summed E-state index contributed by atoms with van der Waals surface area (Å²) in [6.07, 6.45) is -1.85. The van der Waals surface area contributed by atoms with Crippen molar-refractivity contribution in [1.82, 2.24) is 0 Å². The Labute approximate surface area is 95.3 Å². The zero-order chi connectivity index (χ0) is 12.0. The molecular formula is C11H20O5. The number of hydrogen-bond acceptors (Lipinski definition) is 5. The molecule has 2 N–H and O–H groups in total. The number of hydrogen-bond donors (Lipinski definition) is 2. The van der Waals surface area contributed by atoms with Gasteiger partial charge in [-0.3, -0.25) is 0 Å². The Hall–Kier alpha value is -0.200. The Bertz CT molecular complexity index is 262. The fraction of sp³-hybridized carbons (Fsp3) is 1.00. The first-order valence-electron chi connectivity index (χ1n) is 5.62. The molecule has 2 bridgehead atoms. The summed E-state index contributed by atoms with van der Waals surface area (Å²) in [5.74, 6) is 0. The van der Waals surface area contributed by atoms with E-state index in [1.54, 1.807) is 0 Å². The van der Waals surface area contributed by atoms with Gasteiger partial charge in [0.25, 0.3) is 0 Å². The van der Waals surface area contributed by atoms with E-state index in [-0.39, 0.29) is 18.8 Å². The molecule has 94 valence electrons. The maximum absolute atomic E-state index is 9.98. The highest BCUT2D eigenvalue weighted by Crippen LogP contribution is 2.37. The molecule has 0 saturated carbocycles. The van der Waals surface area contributed by atoms with Crippen LogP contribution in [-0.4, -0.2) is 53.1 Å². The molecule has 0 aromatic heterocycles. The molecule has 0 aliphatic carbocycles. The molecule has 0 radical (unpaired) electrons. The van der Waals surface area contributed by atoms with Crippen molar-refractivity contribution in [2.75, 3.05) is 13.2 Å². The normalized spacial score (nSPS) is 43.7. The number of aliphatic hydroxyl groups excluding tert-OH is 2. The van der Waals surface area contributed by atoms with Gasteiger partial charge in [0.1, 0.15) is 11.7 Å². The molecule has 2 heterocycles. The van der Waals surface area contributed by atoms with Gasteiger partial charge < -0.3 is 24.4 Å². The van der Waals surface area contributed by atoms with Crippen LogP contribution < -0.4 is 0 Å². The highest BCUT2D eigenvalue weighted by molar-refractivity contribution is 5.00. The fourth-order valence-corrected chi connectivity index (χ4v) is 2.01. The van der Waals surface area contributed by atoms with Crippen LogP contribution in [0.3, 0.4) is 0 Å². The van der Waals surface area contributed by atoms with Crippen LogP contribution >= 0.6 is 0 Å². The number of fused-ring (bicyclic) bond motifs is 2. The first-order valence-corrected chi connectivity index (χ1v) is 5.62. The molecule has 5 nitrogen and oxygen atoms in total. The van der Waals surface area contributed by atoms with Crippen LogP contribution in [0.4, 0.5) is 0 Å². The smallest absolute Gasteiger partial charge is 0.161 e. The van der Waals surface area contributed by atoms with Gasteiger partial charge in [-0.25, -0.2) is 0 Å². The van der Waals surface area contributed by atoms with Crippen LogP contribution in [0.2, 0.25) is 0 Å². The molecule has 2 fully saturated rings. The van der Waals surface area contributed by atoms with Gasteiger partial charge >= 0.3 is 0 Å². The molecule has 0 aromatic rings. The zero-order valence-electron chi connectivity index (χ0n) is 9.97. The Morgan fingerprint density at radius 3 is 2.69 bits per heavy atom. The van der Waals surface area contributed by atoms with Gasteiger partial charge in [0.15, 0.2) is 6.29 Å². The van der Waals surface area contributed by atoms with E-state index in [0.717, 1.165) is 0 Å². The summed E-state index contributed by atoms with van der Waals surface area (Å²) in [5.41, 5.74) is -1.21. The SMILES string of the molecule is CC(C)(C)OC[C@]12CO[C@H](C[C@@H](O)[C@H]1O)O2. The van der Waals surface area contributed by atoms with Crippen LogP contribution in [0.15, 0.2) is 0 Å². The van der Waals surface area contributed by atoms with E-state index < -0.39 is 24.1 Å². The van der Waals surface area contributed by atoms with Crippen LogP contribution in [0.5, 0.6) is 0 Å². The fourth-order valence-electron chi connectivity index (χ4n) is 2.01. The lowest BCUT2D eigenvalue weighted by Crippen LogP contribution is -2.58. The first kappa shape index (κ1) is 12.3. The maximum Gasteiger partial charge on any atom is 0.161 e. The number of aliphatic hydroxyl groups is 2. The van der Waals surface area contributed by atoms with Crippen molar-refractivity contribution in [3.8, 4) is 0 Å². The summed E-state index contributed by atoms with van der Waals surface area (Å²) in [4.78, 5) is 0. The minimum absolute atomic E-state index is 0.227. The summed E-state index contributed by atoms with van der Waals surface area (Å²) in [6.45, 7) is 6.30. The second-order valence-corrected chi connectivity index (χ2v) is 5.57. The molecule has 2 rings (SSSR count). The van der Waals surface area contributed by atoms with Crippen LogP contribution in [-0.2, 0) is 14.2 Å². The Kier molecular flexibility index (Phi) is 3.01. The minimum atomic E-state index is -0.950. The van der Waals surface area contributed by atoms with Gasteiger partial charge in [-0.1, -0.05) is 0 Å². The highest BCUT2D eigenvalue weighted by Gasteiger charge is 2.55. The molecule has 2 aliphatic heterocycles. The molecular weight excluding hydrogens is 212 g/mol. The van der Waals surface area contributed by atoms with Crippen molar-refractivity contribution in [3.63, 3.8) is 0 Å². The summed E-state index contributed by atoms with van der Waals surface area (Å²) in [6, 6.07) is 0. The minimum Gasteiger partial charge on any atom is -0.390 e. The Balaban J connectivity index is 2.05. The molecule has 16 heavy (non-hydrogen) atoms. The van der Waals surface area contributed by atoms with E-state index >= 15 is 0 Å². The Morgan fingerprint density at radius 1 is 1.38 bits per heavy atom. The van der Waals surface area contributed by atoms with E-state index in [1.807, 2.05) is 20.8 Å². The van der Waals surface area contributed by atoms with E-state index in [4.69, 9.17) is 14.2 Å². The van der Waals surface area contributed by atoms with Gasteiger partial charge in [0, 0.05) is 6.42 Å². The van der Waals surface area contributed by atoms with Gasteiger partial charge in [-0.2, -0.15) is 0 Å². The molecule has 4 atom stereocenters. The van der Waals surface area contributed by atoms with Gasteiger partial charge in [-0.15, -0.1) is 0 Å². The Morgan fingerprint density at radius 2 is 2.06 bits per heavy atom. The van der Waals surface area contributed by atoms with E-state index in [9.17, 15) is 10.2 Å². The van der Waals surface area contributed by atoms with Crippen LogP contribution in [0, 0.1) is 0 Å².